The van der Waals surface area contributed by atoms with Crippen LogP contribution >= 0.6 is 35.6 Å². The van der Waals surface area contributed by atoms with Crippen LogP contribution in [0.1, 0.15) is 17.2 Å². The second-order valence-corrected chi connectivity index (χ2v) is 5.86. The molecule has 8 heteroatoms. The minimum Gasteiger partial charge on any atom is -0.354 e. The number of aryl methyl sites for hydroxylation is 1. The summed E-state index contributed by atoms with van der Waals surface area (Å²) in [6, 6.07) is 4.95. The van der Waals surface area contributed by atoms with Gasteiger partial charge in [0.25, 0.3) is 0 Å². The van der Waals surface area contributed by atoms with Crippen LogP contribution in [0.2, 0.25) is 10.0 Å². The van der Waals surface area contributed by atoms with Crippen molar-refractivity contribution in [3.63, 3.8) is 0 Å². The van der Waals surface area contributed by atoms with Gasteiger partial charge in [-0.25, -0.2) is 0 Å². The molecule has 2 rings (SSSR count). The summed E-state index contributed by atoms with van der Waals surface area (Å²) in [6.07, 6.45) is 4.16. The van der Waals surface area contributed by atoms with Gasteiger partial charge in [-0.1, -0.05) is 23.2 Å². The molecule has 0 aliphatic rings. The quantitative estimate of drug-likeness (QED) is 0.814. The highest BCUT2D eigenvalue weighted by Gasteiger charge is 2.19. The zero-order chi connectivity index (χ0) is 16.1. The molecular formula is C15H19Cl3N4O. The Hall–Kier alpha value is -1.27. The average Bonchev–Trinajstić information content (AvgIpc) is 2.85. The van der Waals surface area contributed by atoms with E-state index in [0.29, 0.717) is 23.0 Å². The summed E-state index contributed by atoms with van der Waals surface area (Å²) in [5, 5.41) is 11.2. The van der Waals surface area contributed by atoms with Crippen LogP contribution in [0, 0.1) is 0 Å². The Morgan fingerprint density at radius 1 is 1.30 bits per heavy atom. The van der Waals surface area contributed by atoms with Crippen LogP contribution < -0.4 is 10.6 Å². The molecule has 1 unspecified atom stereocenters. The number of amides is 1. The third-order valence-electron chi connectivity index (χ3n) is 3.24. The molecule has 0 radical (unpaired) electrons. The number of carbonyl (C=O) groups is 1. The SMILES string of the molecule is CNC(C(=O)NCCc1cc(Cl)cc(Cl)c1)c1cnn(C)c1.Cl. The first-order valence-electron chi connectivity index (χ1n) is 6.88. The van der Waals surface area contributed by atoms with Gasteiger partial charge >= 0.3 is 0 Å². The second kappa shape index (κ2) is 9.13. The average molecular weight is 378 g/mol. The van der Waals surface area contributed by atoms with Crippen molar-refractivity contribution < 1.29 is 4.79 Å². The van der Waals surface area contributed by atoms with Gasteiger partial charge in [-0.3, -0.25) is 9.48 Å². The molecule has 126 valence electrons. The Balaban J connectivity index is 0.00000264. The number of rotatable bonds is 6. The number of aromatic nitrogens is 2. The minimum absolute atomic E-state index is 0. The van der Waals surface area contributed by atoms with E-state index >= 15 is 0 Å². The van der Waals surface area contributed by atoms with Crippen LogP contribution in [-0.4, -0.2) is 29.3 Å². The molecule has 1 atom stereocenters. The molecule has 1 heterocycles. The van der Waals surface area contributed by atoms with E-state index in [1.54, 1.807) is 24.0 Å². The van der Waals surface area contributed by atoms with Gasteiger partial charge in [-0.2, -0.15) is 5.10 Å². The highest BCUT2D eigenvalue weighted by Crippen LogP contribution is 2.19. The van der Waals surface area contributed by atoms with Crippen molar-refractivity contribution >= 4 is 41.5 Å². The molecule has 0 fully saturated rings. The summed E-state index contributed by atoms with van der Waals surface area (Å²) >= 11 is 11.9. The Kier molecular flexibility index (Phi) is 7.85. The smallest absolute Gasteiger partial charge is 0.241 e. The first kappa shape index (κ1) is 19.8. The molecule has 0 aliphatic heterocycles. The summed E-state index contributed by atoms with van der Waals surface area (Å²) in [7, 11) is 3.56. The number of benzene rings is 1. The summed E-state index contributed by atoms with van der Waals surface area (Å²) in [5.74, 6) is -0.0939. The van der Waals surface area contributed by atoms with Gasteiger partial charge in [-0.15, -0.1) is 12.4 Å². The van der Waals surface area contributed by atoms with Crippen molar-refractivity contribution in [3.8, 4) is 0 Å². The normalized spacial score (nSPS) is 11.7. The lowest BCUT2D eigenvalue weighted by Crippen LogP contribution is -2.36. The first-order valence-corrected chi connectivity index (χ1v) is 7.63. The molecule has 23 heavy (non-hydrogen) atoms. The predicted molar refractivity (Wildman–Crippen MR) is 95.4 cm³/mol. The van der Waals surface area contributed by atoms with E-state index in [2.05, 4.69) is 15.7 Å². The van der Waals surface area contributed by atoms with Crippen LogP contribution in [-0.2, 0) is 18.3 Å². The summed E-state index contributed by atoms with van der Waals surface area (Å²) < 4.78 is 1.67. The number of nitrogens with zero attached hydrogens (tertiary/aromatic N) is 2. The molecule has 2 aromatic rings. The van der Waals surface area contributed by atoms with Crippen molar-refractivity contribution in [3.05, 3.63) is 51.8 Å². The fourth-order valence-corrected chi connectivity index (χ4v) is 2.80. The zero-order valence-corrected chi connectivity index (χ0v) is 15.2. The van der Waals surface area contributed by atoms with Crippen molar-refractivity contribution in [1.29, 1.82) is 0 Å². The van der Waals surface area contributed by atoms with Gasteiger partial charge < -0.3 is 10.6 Å². The topological polar surface area (TPSA) is 59.0 Å². The fraction of sp³-hybridized carbons (Fsp3) is 0.333. The third-order valence-corrected chi connectivity index (χ3v) is 3.68. The van der Waals surface area contributed by atoms with Crippen LogP contribution in [0.5, 0.6) is 0 Å². The van der Waals surface area contributed by atoms with Crippen LogP contribution in [0.15, 0.2) is 30.6 Å². The molecule has 0 saturated carbocycles. The molecule has 0 spiro atoms. The Bertz CT molecular complexity index is 640. The fourth-order valence-electron chi connectivity index (χ4n) is 2.23. The molecule has 2 N–H and O–H groups in total. The van der Waals surface area contributed by atoms with E-state index in [4.69, 9.17) is 23.2 Å². The lowest BCUT2D eigenvalue weighted by atomic mass is 10.1. The lowest BCUT2D eigenvalue weighted by molar-refractivity contribution is -0.123. The number of carbonyl (C=O) groups excluding carboxylic acids is 1. The molecule has 0 saturated heterocycles. The number of hydrogen-bond donors (Lipinski definition) is 2. The summed E-state index contributed by atoms with van der Waals surface area (Å²) in [6.45, 7) is 0.508. The summed E-state index contributed by atoms with van der Waals surface area (Å²) in [5.41, 5.74) is 1.81. The lowest BCUT2D eigenvalue weighted by Gasteiger charge is -2.14. The van der Waals surface area contributed by atoms with Crippen molar-refractivity contribution in [2.24, 2.45) is 7.05 Å². The maximum Gasteiger partial charge on any atom is 0.241 e. The van der Waals surface area contributed by atoms with Crippen molar-refractivity contribution in [2.75, 3.05) is 13.6 Å². The standard InChI is InChI=1S/C15H18Cl2N4O.ClH/c1-18-14(11-8-20-21(2)9-11)15(22)19-4-3-10-5-12(16)7-13(17)6-10;/h5-9,14,18H,3-4H2,1-2H3,(H,19,22);1H. The van der Waals surface area contributed by atoms with Gasteiger partial charge in [0.2, 0.25) is 5.91 Å². The number of nitrogens with one attached hydrogen (secondary N) is 2. The largest absolute Gasteiger partial charge is 0.354 e. The van der Waals surface area contributed by atoms with Crippen LogP contribution in [0.4, 0.5) is 0 Å². The molecule has 1 aromatic heterocycles. The zero-order valence-electron chi connectivity index (χ0n) is 12.8. The van der Waals surface area contributed by atoms with Crippen molar-refractivity contribution in [1.82, 2.24) is 20.4 Å². The van der Waals surface area contributed by atoms with Crippen LogP contribution in [0.25, 0.3) is 0 Å². The first-order chi connectivity index (χ1) is 10.5. The second-order valence-electron chi connectivity index (χ2n) is 4.99. The highest BCUT2D eigenvalue weighted by molar-refractivity contribution is 6.34. The Morgan fingerprint density at radius 2 is 1.96 bits per heavy atom. The molecule has 0 bridgehead atoms. The van der Waals surface area contributed by atoms with Gasteiger partial charge in [-0.05, 0) is 37.2 Å². The van der Waals surface area contributed by atoms with E-state index in [-0.39, 0.29) is 18.3 Å². The third kappa shape index (κ3) is 5.70. The highest BCUT2D eigenvalue weighted by atomic mass is 35.5. The van der Waals surface area contributed by atoms with Gasteiger partial charge in [0.05, 0.1) is 6.20 Å². The molecular weight excluding hydrogens is 359 g/mol. The molecule has 1 amide bonds. The Labute approximate surface area is 151 Å². The van der Waals surface area contributed by atoms with E-state index < -0.39 is 6.04 Å². The molecule has 0 aliphatic carbocycles. The number of likely N-dealkylation sites (N-methyl/N-ethyl adjacent to an activating group) is 1. The molecule has 5 nitrogen and oxygen atoms in total. The maximum atomic E-state index is 12.2. The van der Waals surface area contributed by atoms with Gasteiger partial charge in [0.15, 0.2) is 0 Å². The van der Waals surface area contributed by atoms with E-state index in [0.717, 1.165) is 11.1 Å². The predicted octanol–water partition coefficient (Wildman–Crippen LogP) is 2.77. The van der Waals surface area contributed by atoms with E-state index in [9.17, 15) is 4.79 Å². The monoisotopic (exact) mass is 376 g/mol. The maximum absolute atomic E-state index is 12.2. The number of hydrogen-bond acceptors (Lipinski definition) is 3. The van der Waals surface area contributed by atoms with E-state index in [1.165, 1.54) is 0 Å². The summed E-state index contributed by atoms with van der Waals surface area (Å²) in [4.78, 5) is 12.2. The molecule has 1 aromatic carbocycles. The van der Waals surface area contributed by atoms with Gasteiger partial charge in [0.1, 0.15) is 6.04 Å². The van der Waals surface area contributed by atoms with Gasteiger partial charge in [0, 0.05) is 35.4 Å². The van der Waals surface area contributed by atoms with E-state index in [1.807, 2.05) is 25.4 Å². The number of halogens is 3. The van der Waals surface area contributed by atoms with Crippen molar-refractivity contribution in [2.45, 2.75) is 12.5 Å². The minimum atomic E-state index is -0.420. The van der Waals surface area contributed by atoms with Crippen LogP contribution in [0.3, 0.4) is 0 Å². The Morgan fingerprint density at radius 3 is 2.48 bits per heavy atom.